The zero-order valence-electron chi connectivity index (χ0n) is 10.8. The number of hydrogen-bond acceptors (Lipinski definition) is 1. The molecular weight excluding hydrogens is 213 g/mol. The molecule has 1 N–H and O–H groups in total. The van der Waals surface area contributed by atoms with Crippen LogP contribution in [0.5, 0.6) is 0 Å². The van der Waals surface area contributed by atoms with Crippen LogP contribution in [0.25, 0.3) is 0 Å². The van der Waals surface area contributed by atoms with Gasteiger partial charge in [-0.3, -0.25) is 0 Å². The van der Waals surface area contributed by atoms with Crippen molar-refractivity contribution >= 4 is 0 Å². The van der Waals surface area contributed by atoms with Crippen molar-refractivity contribution in [2.45, 2.75) is 39.3 Å². The Morgan fingerprint density at radius 3 is 2.65 bits per heavy atom. The van der Waals surface area contributed by atoms with Gasteiger partial charge in [0.05, 0.1) is 0 Å². The van der Waals surface area contributed by atoms with Crippen molar-refractivity contribution in [2.75, 3.05) is 13.1 Å². The van der Waals surface area contributed by atoms with Crippen molar-refractivity contribution in [3.8, 4) is 0 Å². The average molecular weight is 235 g/mol. The van der Waals surface area contributed by atoms with E-state index in [0.29, 0.717) is 6.42 Å². The van der Waals surface area contributed by atoms with Gasteiger partial charge in [0.25, 0.3) is 0 Å². The van der Waals surface area contributed by atoms with Crippen molar-refractivity contribution < 1.29 is 4.39 Å². The second kappa shape index (κ2) is 5.63. The number of benzene rings is 1. The second-order valence-electron chi connectivity index (χ2n) is 5.20. The first-order valence-electron chi connectivity index (χ1n) is 6.58. The topological polar surface area (TPSA) is 12.0 Å². The molecule has 2 rings (SSSR count). The standard InChI is InChI=1S/C15H22FN/c1-11-5-3-6-12(2)14(11)9-15(16)13-7-4-8-17-10-13/h3,5-6,13,15,17H,4,7-10H2,1-2H3. The molecule has 1 aliphatic rings. The van der Waals surface area contributed by atoms with Crippen LogP contribution in [0.4, 0.5) is 4.39 Å². The highest BCUT2D eigenvalue weighted by Crippen LogP contribution is 2.23. The van der Waals surface area contributed by atoms with E-state index in [1.807, 2.05) is 6.07 Å². The minimum Gasteiger partial charge on any atom is -0.316 e. The zero-order chi connectivity index (χ0) is 12.3. The van der Waals surface area contributed by atoms with Gasteiger partial charge in [-0.15, -0.1) is 0 Å². The van der Waals surface area contributed by atoms with Crippen LogP contribution in [-0.4, -0.2) is 19.3 Å². The van der Waals surface area contributed by atoms with Crippen LogP contribution in [0.1, 0.15) is 29.5 Å². The fraction of sp³-hybridized carbons (Fsp3) is 0.600. The molecule has 1 fully saturated rings. The van der Waals surface area contributed by atoms with Crippen LogP contribution in [0.3, 0.4) is 0 Å². The molecule has 0 aliphatic carbocycles. The Morgan fingerprint density at radius 2 is 2.06 bits per heavy atom. The summed E-state index contributed by atoms with van der Waals surface area (Å²) in [5.74, 6) is 0.197. The maximum Gasteiger partial charge on any atom is 0.108 e. The number of aryl methyl sites for hydroxylation is 2. The lowest BCUT2D eigenvalue weighted by Gasteiger charge is -2.26. The van der Waals surface area contributed by atoms with E-state index < -0.39 is 6.17 Å². The molecule has 2 atom stereocenters. The second-order valence-corrected chi connectivity index (χ2v) is 5.20. The third-order valence-corrected chi connectivity index (χ3v) is 3.89. The van der Waals surface area contributed by atoms with Crippen LogP contribution in [0.15, 0.2) is 18.2 Å². The summed E-state index contributed by atoms with van der Waals surface area (Å²) < 4.78 is 14.3. The van der Waals surface area contributed by atoms with Gasteiger partial charge in [-0.05, 0) is 49.9 Å². The molecule has 0 spiro atoms. The van der Waals surface area contributed by atoms with E-state index in [4.69, 9.17) is 0 Å². The number of halogens is 1. The third-order valence-electron chi connectivity index (χ3n) is 3.89. The Morgan fingerprint density at radius 1 is 1.35 bits per heavy atom. The fourth-order valence-electron chi connectivity index (χ4n) is 2.72. The third kappa shape index (κ3) is 3.06. The lowest BCUT2D eigenvalue weighted by Crippen LogP contribution is -2.36. The molecule has 0 aromatic heterocycles. The summed E-state index contributed by atoms with van der Waals surface area (Å²) >= 11 is 0. The van der Waals surface area contributed by atoms with Crippen molar-refractivity contribution in [3.63, 3.8) is 0 Å². The Hall–Kier alpha value is -0.890. The van der Waals surface area contributed by atoms with Gasteiger partial charge in [0.2, 0.25) is 0 Å². The lowest BCUT2D eigenvalue weighted by molar-refractivity contribution is 0.191. The average Bonchev–Trinajstić information content (AvgIpc) is 2.35. The molecule has 1 saturated heterocycles. The van der Waals surface area contributed by atoms with E-state index in [2.05, 4.69) is 31.3 Å². The number of piperidine rings is 1. The zero-order valence-corrected chi connectivity index (χ0v) is 10.8. The van der Waals surface area contributed by atoms with E-state index >= 15 is 0 Å². The first kappa shape index (κ1) is 12.6. The highest BCUT2D eigenvalue weighted by molar-refractivity contribution is 5.34. The summed E-state index contributed by atoms with van der Waals surface area (Å²) in [5.41, 5.74) is 3.64. The molecule has 1 aromatic carbocycles. The highest BCUT2D eigenvalue weighted by Gasteiger charge is 2.24. The molecule has 1 heterocycles. The van der Waals surface area contributed by atoms with Crippen LogP contribution in [-0.2, 0) is 6.42 Å². The Balaban J connectivity index is 2.04. The minimum absolute atomic E-state index is 0.197. The van der Waals surface area contributed by atoms with Gasteiger partial charge < -0.3 is 5.32 Å². The van der Waals surface area contributed by atoms with E-state index in [9.17, 15) is 4.39 Å². The molecule has 0 radical (unpaired) electrons. The number of alkyl halides is 1. The molecule has 2 heteroatoms. The lowest BCUT2D eigenvalue weighted by atomic mass is 9.88. The molecule has 0 bridgehead atoms. The van der Waals surface area contributed by atoms with E-state index in [1.54, 1.807) is 0 Å². The minimum atomic E-state index is -0.706. The first-order valence-corrected chi connectivity index (χ1v) is 6.58. The monoisotopic (exact) mass is 235 g/mol. The molecule has 17 heavy (non-hydrogen) atoms. The van der Waals surface area contributed by atoms with Gasteiger partial charge in [0.1, 0.15) is 6.17 Å². The highest BCUT2D eigenvalue weighted by atomic mass is 19.1. The Kier molecular flexibility index (Phi) is 4.16. The van der Waals surface area contributed by atoms with E-state index in [0.717, 1.165) is 25.9 Å². The molecule has 2 unspecified atom stereocenters. The summed E-state index contributed by atoms with van der Waals surface area (Å²) in [5, 5.41) is 3.29. The summed E-state index contributed by atoms with van der Waals surface area (Å²) in [6.07, 6.45) is 2.00. The largest absolute Gasteiger partial charge is 0.316 e. The summed E-state index contributed by atoms with van der Waals surface area (Å²) in [6, 6.07) is 6.20. The van der Waals surface area contributed by atoms with Gasteiger partial charge >= 0.3 is 0 Å². The van der Waals surface area contributed by atoms with Gasteiger partial charge in [-0.1, -0.05) is 18.2 Å². The maximum atomic E-state index is 14.3. The smallest absolute Gasteiger partial charge is 0.108 e. The molecule has 0 saturated carbocycles. The molecule has 1 aromatic rings. The van der Waals surface area contributed by atoms with Crippen molar-refractivity contribution in [2.24, 2.45) is 5.92 Å². The van der Waals surface area contributed by atoms with Gasteiger partial charge in [0, 0.05) is 18.9 Å². The van der Waals surface area contributed by atoms with Crippen molar-refractivity contribution in [3.05, 3.63) is 34.9 Å². The van der Waals surface area contributed by atoms with Crippen LogP contribution >= 0.6 is 0 Å². The summed E-state index contributed by atoms with van der Waals surface area (Å²) in [6.45, 7) is 6.04. The summed E-state index contributed by atoms with van der Waals surface area (Å²) in [4.78, 5) is 0. The van der Waals surface area contributed by atoms with E-state index in [1.165, 1.54) is 16.7 Å². The Labute approximate surface area is 103 Å². The Bertz CT molecular complexity index is 349. The predicted octanol–water partition coefficient (Wildman–Crippen LogP) is 3.18. The quantitative estimate of drug-likeness (QED) is 0.848. The molecule has 0 amide bonds. The van der Waals surface area contributed by atoms with Crippen LogP contribution < -0.4 is 5.32 Å². The normalized spacial score (nSPS) is 22.4. The number of rotatable bonds is 3. The first-order chi connectivity index (χ1) is 8.18. The van der Waals surface area contributed by atoms with Crippen LogP contribution in [0.2, 0.25) is 0 Å². The van der Waals surface area contributed by atoms with Gasteiger partial charge in [0.15, 0.2) is 0 Å². The molecule has 1 nitrogen and oxygen atoms in total. The number of nitrogens with one attached hydrogen (secondary N) is 1. The SMILES string of the molecule is Cc1cccc(C)c1CC(F)C1CCCNC1. The molecular formula is C15H22FN. The summed E-state index contributed by atoms with van der Waals surface area (Å²) in [7, 11) is 0. The van der Waals surface area contributed by atoms with E-state index in [-0.39, 0.29) is 5.92 Å². The van der Waals surface area contributed by atoms with Crippen molar-refractivity contribution in [1.82, 2.24) is 5.32 Å². The van der Waals surface area contributed by atoms with Crippen molar-refractivity contribution in [1.29, 1.82) is 0 Å². The molecule has 1 aliphatic heterocycles. The fourth-order valence-corrected chi connectivity index (χ4v) is 2.72. The van der Waals surface area contributed by atoms with Gasteiger partial charge in [-0.25, -0.2) is 4.39 Å². The predicted molar refractivity (Wildman–Crippen MR) is 70.1 cm³/mol. The van der Waals surface area contributed by atoms with Gasteiger partial charge in [-0.2, -0.15) is 0 Å². The van der Waals surface area contributed by atoms with Crippen LogP contribution in [0, 0.1) is 19.8 Å². The maximum absolute atomic E-state index is 14.3. The number of hydrogen-bond donors (Lipinski definition) is 1. The molecule has 94 valence electrons.